The van der Waals surface area contributed by atoms with Crippen LogP contribution in [0.4, 0.5) is 0 Å². The molecule has 0 fully saturated rings. The van der Waals surface area contributed by atoms with E-state index in [0.717, 1.165) is 15.9 Å². The molecular weight excluding hydrogens is 170 g/mol. The Morgan fingerprint density at radius 2 is 2.42 bits per heavy atom. The van der Waals surface area contributed by atoms with E-state index in [-0.39, 0.29) is 0 Å². The highest BCUT2D eigenvalue weighted by Crippen LogP contribution is 2.21. The van der Waals surface area contributed by atoms with E-state index in [1.807, 2.05) is 19.1 Å². The van der Waals surface area contributed by atoms with Gasteiger partial charge >= 0.3 is 0 Å². The predicted octanol–water partition coefficient (Wildman–Crippen LogP) is 1.87. The second-order valence-electron chi connectivity index (χ2n) is 2.41. The molecule has 3 nitrogen and oxygen atoms in total. The van der Waals surface area contributed by atoms with Crippen LogP contribution in [-0.4, -0.2) is 9.97 Å². The summed E-state index contributed by atoms with van der Waals surface area (Å²) in [5, 5.41) is 9.08. The third-order valence-electron chi connectivity index (χ3n) is 1.59. The van der Waals surface area contributed by atoms with E-state index in [1.165, 1.54) is 11.3 Å². The summed E-state index contributed by atoms with van der Waals surface area (Å²) in [7, 11) is 0. The lowest BCUT2D eigenvalue weighted by molar-refractivity contribution is 1.33. The fourth-order valence-electron chi connectivity index (χ4n) is 1.000. The van der Waals surface area contributed by atoms with Crippen LogP contribution in [0.5, 0.6) is 0 Å². The summed E-state index contributed by atoms with van der Waals surface area (Å²) in [5.41, 5.74) is 1.91. The van der Waals surface area contributed by atoms with E-state index in [2.05, 4.69) is 9.97 Å². The number of aryl methyl sites for hydroxylation is 1. The maximum atomic E-state index is 8.60. The van der Waals surface area contributed by atoms with Gasteiger partial charge in [0.05, 0.1) is 0 Å². The minimum atomic E-state index is 0.479. The van der Waals surface area contributed by atoms with Crippen LogP contribution < -0.4 is 0 Å². The van der Waals surface area contributed by atoms with Crippen molar-refractivity contribution < 1.29 is 0 Å². The summed E-state index contributed by atoms with van der Waals surface area (Å²) >= 11 is 1.33. The van der Waals surface area contributed by atoms with Crippen LogP contribution in [0.15, 0.2) is 12.3 Å². The van der Waals surface area contributed by atoms with E-state index in [4.69, 9.17) is 5.26 Å². The normalized spacial score (nSPS) is 10.0. The van der Waals surface area contributed by atoms with Gasteiger partial charge in [-0.2, -0.15) is 5.26 Å². The Balaban J connectivity index is 2.85. The molecule has 2 aromatic heterocycles. The Morgan fingerprint density at radius 1 is 1.58 bits per heavy atom. The largest absolute Gasteiger partial charge is 0.244 e. The molecule has 0 aliphatic carbocycles. The van der Waals surface area contributed by atoms with Gasteiger partial charge in [0.25, 0.3) is 0 Å². The molecule has 0 aromatic carbocycles. The van der Waals surface area contributed by atoms with Gasteiger partial charge in [0, 0.05) is 6.20 Å². The predicted molar refractivity (Wildman–Crippen MR) is 46.9 cm³/mol. The topological polar surface area (TPSA) is 49.6 Å². The first-order chi connectivity index (χ1) is 5.81. The molecule has 4 heteroatoms. The fourth-order valence-corrected chi connectivity index (χ4v) is 1.78. The molecule has 0 N–H and O–H groups in total. The molecule has 0 radical (unpaired) electrons. The number of rotatable bonds is 0. The standard InChI is InChI=1S/C8H5N3S/c1-5-2-3-10-8-7(5)11-6(4-9)12-8/h2-3H,1H3. The molecule has 0 bridgehead atoms. The Hall–Kier alpha value is -1.47. The fraction of sp³-hybridized carbons (Fsp3) is 0.125. The molecule has 0 amide bonds. The molecular formula is C8H5N3S. The lowest BCUT2D eigenvalue weighted by Gasteiger charge is -1.89. The van der Waals surface area contributed by atoms with Crippen LogP contribution in [0.3, 0.4) is 0 Å². The summed E-state index contributed by atoms with van der Waals surface area (Å²) in [6, 6.07) is 3.90. The average molecular weight is 175 g/mol. The van der Waals surface area contributed by atoms with Crippen molar-refractivity contribution in [3.8, 4) is 6.07 Å². The first kappa shape index (κ1) is 7.19. The molecule has 0 aliphatic heterocycles. The lowest BCUT2D eigenvalue weighted by Crippen LogP contribution is -1.77. The van der Waals surface area contributed by atoms with Crippen molar-refractivity contribution in [2.75, 3.05) is 0 Å². The Morgan fingerprint density at radius 3 is 3.08 bits per heavy atom. The van der Waals surface area contributed by atoms with Gasteiger partial charge < -0.3 is 0 Å². The highest BCUT2D eigenvalue weighted by molar-refractivity contribution is 7.18. The molecule has 12 heavy (non-hydrogen) atoms. The first-order valence-corrected chi connectivity index (χ1v) is 4.25. The van der Waals surface area contributed by atoms with Gasteiger partial charge in [0.1, 0.15) is 16.4 Å². The van der Waals surface area contributed by atoms with Crippen molar-refractivity contribution in [2.45, 2.75) is 6.92 Å². The summed E-state index contributed by atoms with van der Waals surface area (Å²) in [6.45, 7) is 1.96. The average Bonchev–Trinajstić information content (AvgIpc) is 2.49. The van der Waals surface area contributed by atoms with Gasteiger partial charge in [-0.1, -0.05) is 11.3 Å². The van der Waals surface area contributed by atoms with Crippen LogP contribution in [0.25, 0.3) is 10.3 Å². The van der Waals surface area contributed by atoms with E-state index in [9.17, 15) is 0 Å². The summed E-state index contributed by atoms with van der Waals surface area (Å²) in [4.78, 5) is 9.08. The van der Waals surface area contributed by atoms with E-state index >= 15 is 0 Å². The van der Waals surface area contributed by atoms with Gasteiger partial charge in [0.2, 0.25) is 0 Å². The number of pyridine rings is 1. The van der Waals surface area contributed by atoms with E-state index in [1.54, 1.807) is 6.20 Å². The Kier molecular flexibility index (Phi) is 1.52. The van der Waals surface area contributed by atoms with Crippen molar-refractivity contribution in [3.63, 3.8) is 0 Å². The third-order valence-corrected chi connectivity index (χ3v) is 2.46. The zero-order chi connectivity index (χ0) is 8.55. The second kappa shape index (κ2) is 2.54. The maximum Gasteiger partial charge on any atom is 0.197 e. The van der Waals surface area contributed by atoms with Gasteiger partial charge in [-0.15, -0.1) is 0 Å². The van der Waals surface area contributed by atoms with Crippen molar-refractivity contribution in [1.82, 2.24) is 9.97 Å². The van der Waals surface area contributed by atoms with Gasteiger partial charge in [-0.05, 0) is 18.6 Å². The third kappa shape index (κ3) is 0.953. The number of nitriles is 1. The molecule has 0 aliphatic rings. The number of hydrogen-bond acceptors (Lipinski definition) is 4. The van der Waals surface area contributed by atoms with Gasteiger partial charge in [0.15, 0.2) is 5.01 Å². The quantitative estimate of drug-likeness (QED) is 0.614. The molecule has 0 saturated carbocycles. The summed E-state index contributed by atoms with van der Waals surface area (Å²) < 4.78 is 0. The number of fused-ring (bicyclic) bond motifs is 1. The minimum absolute atomic E-state index is 0.479. The summed E-state index contributed by atoms with van der Waals surface area (Å²) in [6.07, 6.45) is 1.73. The molecule has 2 heterocycles. The molecule has 0 saturated heterocycles. The highest BCUT2D eigenvalue weighted by atomic mass is 32.1. The van der Waals surface area contributed by atoms with Crippen LogP contribution in [-0.2, 0) is 0 Å². The Labute approximate surface area is 73.3 Å². The first-order valence-electron chi connectivity index (χ1n) is 3.43. The van der Waals surface area contributed by atoms with Crippen molar-refractivity contribution in [2.24, 2.45) is 0 Å². The second-order valence-corrected chi connectivity index (χ2v) is 3.39. The minimum Gasteiger partial charge on any atom is -0.244 e. The van der Waals surface area contributed by atoms with Crippen LogP contribution >= 0.6 is 11.3 Å². The molecule has 58 valence electrons. The summed E-state index contributed by atoms with van der Waals surface area (Å²) in [5.74, 6) is 0. The number of hydrogen-bond donors (Lipinski definition) is 0. The number of aromatic nitrogens is 2. The Bertz CT molecular complexity index is 467. The SMILES string of the molecule is Cc1ccnc2sc(C#N)nc12. The molecule has 0 unspecified atom stereocenters. The smallest absolute Gasteiger partial charge is 0.197 e. The van der Waals surface area contributed by atoms with Gasteiger partial charge in [-0.3, -0.25) is 0 Å². The molecule has 2 aromatic rings. The van der Waals surface area contributed by atoms with Gasteiger partial charge in [-0.25, -0.2) is 9.97 Å². The number of nitrogens with zero attached hydrogens (tertiary/aromatic N) is 3. The van der Waals surface area contributed by atoms with E-state index in [0.29, 0.717) is 5.01 Å². The zero-order valence-corrected chi connectivity index (χ0v) is 7.22. The van der Waals surface area contributed by atoms with E-state index < -0.39 is 0 Å². The molecule has 0 spiro atoms. The van der Waals surface area contributed by atoms with Crippen LogP contribution in [0.1, 0.15) is 10.6 Å². The van der Waals surface area contributed by atoms with Crippen molar-refractivity contribution in [3.05, 3.63) is 22.8 Å². The molecule has 2 rings (SSSR count). The maximum absolute atomic E-state index is 8.60. The number of thiazole rings is 1. The lowest BCUT2D eigenvalue weighted by atomic mass is 10.3. The zero-order valence-electron chi connectivity index (χ0n) is 6.40. The van der Waals surface area contributed by atoms with Crippen molar-refractivity contribution in [1.29, 1.82) is 5.26 Å². The highest BCUT2D eigenvalue weighted by Gasteiger charge is 2.04. The van der Waals surface area contributed by atoms with Crippen LogP contribution in [0.2, 0.25) is 0 Å². The van der Waals surface area contributed by atoms with Crippen LogP contribution in [0, 0.1) is 18.3 Å². The molecule has 0 atom stereocenters. The monoisotopic (exact) mass is 175 g/mol. The van der Waals surface area contributed by atoms with Crippen molar-refractivity contribution >= 4 is 21.7 Å².